The van der Waals surface area contributed by atoms with E-state index < -0.39 is 32.5 Å². The molecule has 0 aromatic rings. The van der Waals surface area contributed by atoms with Gasteiger partial charge in [0.2, 0.25) is 0 Å². The molecule has 14 heavy (non-hydrogen) atoms. The number of hydrogen-bond donors (Lipinski definition) is 0. The van der Waals surface area contributed by atoms with Crippen molar-refractivity contribution in [1.82, 2.24) is 0 Å². The minimum atomic E-state index is -5.54. The predicted molar refractivity (Wildman–Crippen MR) is 42.3 cm³/mol. The van der Waals surface area contributed by atoms with Gasteiger partial charge in [0.05, 0.1) is 11.9 Å². The zero-order valence-corrected chi connectivity index (χ0v) is 8.42. The van der Waals surface area contributed by atoms with E-state index in [-0.39, 0.29) is 17.9 Å². The molecule has 0 bridgehead atoms. The van der Waals surface area contributed by atoms with Crippen molar-refractivity contribution >= 4 is 20.9 Å². The Hall–Kier alpha value is -0.150. The van der Waals surface area contributed by atoms with Crippen LogP contribution in [-0.4, -0.2) is 35.7 Å². The number of rotatable bonds is 2. The van der Waals surface area contributed by atoms with Gasteiger partial charge in [0, 0.05) is 16.6 Å². The SMILES string of the molecule is O=S1CCC(OS(=O)(=O)C(F)(F)F)C1. The molecule has 0 aliphatic carbocycles. The summed E-state index contributed by atoms with van der Waals surface area (Å²) in [5, 5.41) is 0. The molecule has 1 saturated heterocycles. The van der Waals surface area contributed by atoms with E-state index in [4.69, 9.17) is 0 Å². The van der Waals surface area contributed by atoms with Crippen LogP contribution in [0.2, 0.25) is 0 Å². The van der Waals surface area contributed by atoms with E-state index >= 15 is 0 Å². The van der Waals surface area contributed by atoms with E-state index in [9.17, 15) is 25.8 Å². The second kappa shape index (κ2) is 3.78. The highest BCUT2D eigenvalue weighted by molar-refractivity contribution is 7.87. The molecule has 0 N–H and O–H groups in total. The second-order valence-corrected chi connectivity index (χ2v) is 5.90. The summed E-state index contributed by atoms with van der Waals surface area (Å²) < 4.78 is 71.0. The van der Waals surface area contributed by atoms with Crippen LogP contribution in [-0.2, 0) is 25.1 Å². The summed E-state index contributed by atoms with van der Waals surface area (Å²) in [7, 11) is -6.81. The van der Waals surface area contributed by atoms with Gasteiger partial charge in [-0.25, -0.2) is 0 Å². The van der Waals surface area contributed by atoms with E-state index in [0.29, 0.717) is 0 Å². The highest BCUT2D eigenvalue weighted by Gasteiger charge is 2.49. The van der Waals surface area contributed by atoms with Crippen LogP contribution in [0.15, 0.2) is 0 Å². The van der Waals surface area contributed by atoms with Crippen molar-refractivity contribution in [3.63, 3.8) is 0 Å². The Morgan fingerprint density at radius 3 is 2.29 bits per heavy atom. The second-order valence-electron chi connectivity index (χ2n) is 2.72. The maximum Gasteiger partial charge on any atom is 0.523 e. The Kier molecular flexibility index (Phi) is 3.22. The van der Waals surface area contributed by atoms with E-state index in [0.717, 1.165) is 0 Å². The first-order chi connectivity index (χ1) is 6.22. The summed E-state index contributed by atoms with van der Waals surface area (Å²) >= 11 is 0. The molecule has 0 aromatic carbocycles. The van der Waals surface area contributed by atoms with Crippen molar-refractivity contribution < 1.29 is 30.0 Å². The van der Waals surface area contributed by atoms with Gasteiger partial charge in [-0.3, -0.25) is 8.39 Å². The molecule has 0 saturated carbocycles. The Balaban J connectivity index is 2.65. The van der Waals surface area contributed by atoms with Gasteiger partial charge in [-0.15, -0.1) is 0 Å². The van der Waals surface area contributed by atoms with Crippen LogP contribution < -0.4 is 0 Å². The Morgan fingerprint density at radius 2 is 1.93 bits per heavy atom. The number of hydrogen-bond acceptors (Lipinski definition) is 4. The van der Waals surface area contributed by atoms with Gasteiger partial charge in [-0.05, 0) is 6.42 Å². The van der Waals surface area contributed by atoms with Crippen LogP contribution in [0.4, 0.5) is 13.2 Å². The van der Waals surface area contributed by atoms with Crippen molar-refractivity contribution in [3.05, 3.63) is 0 Å². The molecule has 1 heterocycles. The normalized spacial score (nSPS) is 29.4. The lowest BCUT2D eigenvalue weighted by molar-refractivity contribution is -0.0565. The summed E-state index contributed by atoms with van der Waals surface area (Å²) in [4.78, 5) is 0. The average Bonchev–Trinajstić information content (AvgIpc) is 2.31. The third-order valence-corrected chi connectivity index (χ3v) is 4.11. The summed E-state index contributed by atoms with van der Waals surface area (Å²) in [6.07, 6.45) is -1.04. The first-order valence-electron chi connectivity index (χ1n) is 3.57. The van der Waals surface area contributed by atoms with Gasteiger partial charge < -0.3 is 0 Å². The highest BCUT2D eigenvalue weighted by Crippen LogP contribution is 2.27. The summed E-state index contributed by atoms with van der Waals surface area (Å²) in [6, 6.07) is 0. The Bertz CT molecular complexity index is 333. The van der Waals surface area contributed by atoms with E-state index in [2.05, 4.69) is 4.18 Å². The monoisotopic (exact) mass is 252 g/mol. The Morgan fingerprint density at radius 1 is 1.36 bits per heavy atom. The maximum absolute atomic E-state index is 11.8. The van der Waals surface area contributed by atoms with E-state index in [1.807, 2.05) is 0 Å². The first kappa shape index (κ1) is 11.9. The van der Waals surface area contributed by atoms with Crippen LogP contribution in [0, 0.1) is 0 Å². The van der Waals surface area contributed by atoms with Gasteiger partial charge in [-0.2, -0.15) is 21.6 Å². The van der Waals surface area contributed by atoms with Gasteiger partial charge >= 0.3 is 15.6 Å². The van der Waals surface area contributed by atoms with Gasteiger partial charge in [-0.1, -0.05) is 0 Å². The minimum Gasteiger partial charge on any atom is -0.259 e. The highest BCUT2D eigenvalue weighted by atomic mass is 32.2. The smallest absolute Gasteiger partial charge is 0.259 e. The van der Waals surface area contributed by atoms with Crippen LogP contribution in [0.5, 0.6) is 0 Å². The molecule has 1 aliphatic heterocycles. The van der Waals surface area contributed by atoms with Crippen molar-refractivity contribution in [2.45, 2.75) is 18.0 Å². The summed E-state index contributed by atoms with van der Waals surface area (Å²) in [5.41, 5.74) is -5.41. The molecule has 0 radical (unpaired) electrons. The maximum atomic E-state index is 11.8. The lowest BCUT2D eigenvalue weighted by atomic mass is 10.3. The third kappa shape index (κ3) is 2.67. The van der Waals surface area contributed by atoms with Gasteiger partial charge in [0.15, 0.2) is 0 Å². The van der Waals surface area contributed by atoms with E-state index in [1.54, 1.807) is 0 Å². The van der Waals surface area contributed by atoms with Gasteiger partial charge in [0.25, 0.3) is 0 Å². The lowest BCUT2D eigenvalue weighted by Crippen LogP contribution is -2.30. The molecular formula is C5H7F3O4S2. The molecule has 84 valence electrons. The first-order valence-corrected chi connectivity index (χ1v) is 6.46. The van der Waals surface area contributed by atoms with Crippen molar-refractivity contribution in [3.8, 4) is 0 Å². The average molecular weight is 252 g/mol. The molecule has 1 rings (SSSR count). The quantitative estimate of drug-likeness (QED) is 0.526. The molecule has 1 fully saturated rings. The third-order valence-electron chi connectivity index (χ3n) is 1.59. The van der Waals surface area contributed by atoms with Crippen LogP contribution in [0.1, 0.15) is 6.42 Å². The molecule has 0 aromatic heterocycles. The molecule has 2 unspecified atom stereocenters. The molecule has 4 nitrogen and oxygen atoms in total. The molecular weight excluding hydrogens is 245 g/mol. The lowest BCUT2D eigenvalue weighted by Gasteiger charge is -2.11. The standard InChI is InChI=1S/C5H7F3O4S2/c6-5(7,8)14(10,11)12-4-1-2-13(9)3-4/h4H,1-3H2. The minimum absolute atomic E-state index is 0.0714. The van der Waals surface area contributed by atoms with Crippen molar-refractivity contribution in [2.75, 3.05) is 11.5 Å². The number of alkyl halides is 3. The fourth-order valence-corrected chi connectivity index (χ4v) is 3.01. The largest absolute Gasteiger partial charge is 0.523 e. The van der Waals surface area contributed by atoms with Crippen LogP contribution >= 0.6 is 0 Å². The molecule has 0 amide bonds. The van der Waals surface area contributed by atoms with Crippen LogP contribution in [0.25, 0.3) is 0 Å². The number of halogens is 3. The fourth-order valence-electron chi connectivity index (χ4n) is 0.946. The van der Waals surface area contributed by atoms with Crippen molar-refractivity contribution in [2.24, 2.45) is 0 Å². The molecule has 0 spiro atoms. The van der Waals surface area contributed by atoms with Crippen molar-refractivity contribution in [1.29, 1.82) is 0 Å². The zero-order chi connectivity index (χ0) is 11.0. The molecule has 1 aliphatic rings. The Labute approximate surface area is 81.0 Å². The molecule has 9 heteroatoms. The summed E-state index contributed by atoms with van der Waals surface area (Å²) in [5.74, 6) is 0.0212. The van der Waals surface area contributed by atoms with E-state index in [1.165, 1.54) is 0 Å². The molecule has 2 atom stereocenters. The zero-order valence-electron chi connectivity index (χ0n) is 6.78. The predicted octanol–water partition coefficient (Wildman–Crippen LogP) is 0.374. The topological polar surface area (TPSA) is 60.4 Å². The van der Waals surface area contributed by atoms with Crippen LogP contribution in [0.3, 0.4) is 0 Å². The van der Waals surface area contributed by atoms with Gasteiger partial charge in [0.1, 0.15) is 0 Å². The summed E-state index contributed by atoms with van der Waals surface area (Å²) in [6.45, 7) is 0. The fraction of sp³-hybridized carbons (Fsp3) is 1.00.